The lowest BCUT2D eigenvalue weighted by Gasteiger charge is -2.26. The van der Waals surface area contributed by atoms with E-state index < -0.39 is 23.5 Å². The highest BCUT2D eigenvalue weighted by Crippen LogP contribution is 2.42. The number of furan rings is 1. The maximum absolute atomic E-state index is 13.7. The fraction of sp³-hybridized carbons (Fsp3) is 0.148. The van der Waals surface area contributed by atoms with Crippen LogP contribution in [-0.4, -0.2) is 43.0 Å². The molecule has 0 saturated heterocycles. The van der Waals surface area contributed by atoms with Crippen molar-refractivity contribution in [2.24, 2.45) is 0 Å². The molecule has 5 rings (SSSR count). The zero-order valence-corrected chi connectivity index (χ0v) is 19.4. The van der Waals surface area contributed by atoms with Gasteiger partial charge in [0.15, 0.2) is 22.9 Å². The lowest BCUT2D eigenvalue weighted by molar-refractivity contribution is -0.117. The van der Waals surface area contributed by atoms with Crippen molar-refractivity contribution in [1.82, 2.24) is 4.98 Å². The molecule has 4 aromatic rings. The van der Waals surface area contributed by atoms with Crippen molar-refractivity contribution in [2.75, 3.05) is 31.0 Å². The van der Waals surface area contributed by atoms with Gasteiger partial charge < -0.3 is 19.2 Å². The Kier molecular flexibility index (Phi) is 5.49. The molecule has 0 radical (unpaired) electrons. The minimum atomic E-state index is -0.934. The third kappa shape index (κ3) is 3.69. The molecule has 0 spiro atoms. The minimum Gasteiger partial charge on any atom is -0.503 e. The van der Waals surface area contributed by atoms with Crippen molar-refractivity contribution in [3.05, 3.63) is 95.7 Å². The number of hydrogen-bond acceptors (Lipinski definition) is 7. The van der Waals surface area contributed by atoms with Gasteiger partial charge in [-0.05, 0) is 48.5 Å². The summed E-state index contributed by atoms with van der Waals surface area (Å²) in [6.07, 6.45) is 1.58. The highest BCUT2D eigenvalue weighted by Gasteiger charge is 2.46. The molecule has 8 nitrogen and oxygen atoms in total. The summed E-state index contributed by atoms with van der Waals surface area (Å²) in [6, 6.07) is 18.4. The van der Waals surface area contributed by atoms with Gasteiger partial charge in [0.05, 0.1) is 18.4 Å². The van der Waals surface area contributed by atoms with Crippen molar-refractivity contribution in [1.29, 1.82) is 0 Å². The van der Waals surface area contributed by atoms with Crippen molar-refractivity contribution in [3.63, 3.8) is 0 Å². The predicted molar refractivity (Wildman–Crippen MR) is 132 cm³/mol. The van der Waals surface area contributed by atoms with Crippen LogP contribution in [0.15, 0.2) is 88.7 Å². The second kappa shape index (κ2) is 8.64. The molecule has 35 heavy (non-hydrogen) atoms. The molecule has 1 N–H and O–H groups in total. The number of nitrogens with zero attached hydrogens (tertiary/aromatic N) is 3. The summed E-state index contributed by atoms with van der Waals surface area (Å²) in [4.78, 5) is 34.7. The number of Topliss-reactive ketones (excluding diaryl/α,β-unsaturated/α-hetero) is 1. The molecule has 2 aromatic heterocycles. The Labute approximate surface area is 201 Å². The van der Waals surface area contributed by atoms with Crippen molar-refractivity contribution < 1.29 is 23.8 Å². The summed E-state index contributed by atoms with van der Waals surface area (Å²) in [7, 11) is 5.34. The second-order valence-corrected chi connectivity index (χ2v) is 8.32. The van der Waals surface area contributed by atoms with Crippen LogP contribution in [0.25, 0.3) is 11.0 Å². The number of rotatable bonds is 6. The van der Waals surface area contributed by atoms with Crippen LogP contribution in [0.5, 0.6) is 5.75 Å². The van der Waals surface area contributed by atoms with Crippen LogP contribution >= 0.6 is 0 Å². The van der Waals surface area contributed by atoms with Gasteiger partial charge in [0.25, 0.3) is 5.91 Å². The molecule has 0 fully saturated rings. The normalized spacial score (nSPS) is 15.7. The molecule has 0 aliphatic carbocycles. The van der Waals surface area contributed by atoms with Crippen LogP contribution in [0.3, 0.4) is 0 Å². The molecule has 1 amide bonds. The molecule has 1 aliphatic rings. The van der Waals surface area contributed by atoms with Gasteiger partial charge in [-0.25, -0.2) is 0 Å². The maximum atomic E-state index is 13.7. The number of methoxy groups -OCH3 is 1. The number of pyridine rings is 1. The first-order chi connectivity index (χ1) is 16.9. The fourth-order valence-corrected chi connectivity index (χ4v) is 4.27. The first-order valence-electron chi connectivity index (χ1n) is 11.0. The smallest absolute Gasteiger partial charge is 0.294 e. The summed E-state index contributed by atoms with van der Waals surface area (Å²) in [5.74, 6) is -1.45. The quantitative estimate of drug-likeness (QED) is 0.410. The topological polar surface area (TPSA) is 96.1 Å². The van der Waals surface area contributed by atoms with Crippen LogP contribution in [0.1, 0.15) is 22.3 Å². The van der Waals surface area contributed by atoms with E-state index in [-0.39, 0.29) is 11.3 Å². The summed E-state index contributed by atoms with van der Waals surface area (Å²) in [5, 5.41) is 11.6. The number of aromatic nitrogens is 1. The number of anilines is 2. The molecule has 3 heterocycles. The van der Waals surface area contributed by atoms with E-state index >= 15 is 0 Å². The third-order valence-corrected chi connectivity index (χ3v) is 6.02. The Bertz CT molecular complexity index is 1460. The SMILES string of the molecule is COc1cccc2cc(C(=O)C3=C(O)C(=O)N(c4ccc(N(C)C)cc4)C3c3ccccn3)oc12. The standard InChI is InChI=1S/C27H23N3O5/c1-29(2)17-10-12-18(13-11-17)30-23(19-8-4-5-14-28-19)22(25(32)27(30)33)24(31)21-15-16-7-6-9-20(34-3)26(16)35-21/h4-15,23,32H,1-3H3. The van der Waals surface area contributed by atoms with Crippen molar-refractivity contribution in [2.45, 2.75) is 6.04 Å². The number of para-hydroxylation sites is 1. The Balaban J connectivity index is 1.63. The van der Waals surface area contributed by atoms with Crippen molar-refractivity contribution >= 4 is 34.0 Å². The van der Waals surface area contributed by atoms with E-state index in [1.807, 2.05) is 31.1 Å². The molecule has 1 aliphatic heterocycles. The number of carbonyl (C=O) groups is 2. The largest absolute Gasteiger partial charge is 0.503 e. The van der Waals surface area contributed by atoms with Crippen LogP contribution in [0.2, 0.25) is 0 Å². The van der Waals surface area contributed by atoms with E-state index in [2.05, 4.69) is 4.98 Å². The molecule has 0 saturated carbocycles. The number of fused-ring (bicyclic) bond motifs is 1. The van der Waals surface area contributed by atoms with Gasteiger partial charge >= 0.3 is 0 Å². The van der Waals surface area contributed by atoms with Crippen LogP contribution in [0.4, 0.5) is 11.4 Å². The van der Waals surface area contributed by atoms with Crippen molar-refractivity contribution in [3.8, 4) is 5.75 Å². The first kappa shape index (κ1) is 22.2. The average molecular weight is 469 g/mol. The molecule has 0 bridgehead atoms. The van der Waals surface area contributed by atoms with Gasteiger partial charge in [0.1, 0.15) is 6.04 Å². The van der Waals surface area contributed by atoms with Crippen LogP contribution in [-0.2, 0) is 4.79 Å². The number of hydrogen-bond donors (Lipinski definition) is 1. The molecule has 8 heteroatoms. The summed E-state index contributed by atoms with van der Waals surface area (Å²) in [6.45, 7) is 0. The van der Waals surface area contributed by atoms with Crippen LogP contribution in [0, 0.1) is 0 Å². The number of ether oxygens (including phenoxy) is 1. The van der Waals surface area contributed by atoms with Gasteiger partial charge in [-0.3, -0.25) is 19.5 Å². The summed E-state index contributed by atoms with van der Waals surface area (Å²) in [5.41, 5.74) is 2.23. The highest BCUT2D eigenvalue weighted by atomic mass is 16.5. The lowest BCUT2D eigenvalue weighted by Crippen LogP contribution is -2.31. The number of amides is 1. The fourth-order valence-electron chi connectivity index (χ4n) is 4.27. The molecule has 1 unspecified atom stereocenters. The van der Waals surface area contributed by atoms with Gasteiger partial charge in [0, 0.05) is 37.1 Å². The zero-order valence-electron chi connectivity index (χ0n) is 19.4. The van der Waals surface area contributed by atoms with E-state index in [0.29, 0.717) is 28.1 Å². The Morgan fingerprint density at radius 1 is 1.09 bits per heavy atom. The van der Waals surface area contributed by atoms with E-state index in [1.165, 1.54) is 12.0 Å². The summed E-state index contributed by atoms with van der Waals surface area (Å²) >= 11 is 0. The number of ketones is 1. The lowest BCUT2D eigenvalue weighted by atomic mass is 9.98. The average Bonchev–Trinajstić information content (AvgIpc) is 3.43. The Hall–Kier alpha value is -4.59. The maximum Gasteiger partial charge on any atom is 0.294 e. The minimum absolute atomic E-state index is 0.00964. The Morgan fingerprint density at radius 2 is 1.86 bits per heavy atom. The predicted octanol–water partition coefficient (Wildman–Crippen LogP) is 4.69. The molecular weight excluding hydrogens is 446 g/mol. The zero-order chi connectivity index (χ0) is 24.7. The van der Waals surface area contributed by atoms with Gasteiger partial charge in [-0.1, -0.05) is 18.2 Å². The molecule has 1 atom stereocenters. The number of carbonyl (C=O) groups excluding carboxylic acids is 2. The van der Waals surface area contributed by atoms with Gasteiger partial charge in [-0.15, -0.1) is 0 Å². The number of benzene rings is 2. The van der Waals surface area contributed by atoms with E-state index in [9.17, 15) is 14.7 Å². The monoisotopic (exact) mass is 469 g/mol. The first-order valence-corrected chi connectivity index (χ1v) is 11.0. The number of aliphatic hydroxyl groups is 1. The van der Waals surface area contributed by atoms with Gasteiger partial charge in [0.2, 0.25) is 5.78 Å². The van der Waals surface area contributed by atoms with E-state index in [1.54, 1.807) is 60.8 Å². The number of aliphatic hydroxyl groups excluding tert-OH is 1. The molecular formula is C27H23N3O5. The third-order valence-electron chi connectivity index (χ3n) is 6.02. The van der Waals surface area contributed by atoms with Crippen LogP contribution < -0.4 is 14.5 Å². The van der Waals surface area contributed by atoms with Gasteiger partial charge in [-0.2, -0.15) is 0 Å². The summed E-state index contributed by atoms with van der Waals surface area (Å²) < 4.78 is 11.2. The van der Waals surface area contributed by atoms with E-state index in [0.717, 1.165) is 5.69 Å². The molecule has 176 valence electrons. The Morgan fingerprint density at radius 3 is 2.51 bits per heavy atom. The highest BCUT2D eigenvalue weighted by molar-refractivity contribution is 6.20. The van der Waals surface area contributed by atoms with E-state index in [4.69, 9.17) is 9.15 Å². The molecule has 2 aromatic carbocycles. The second-order valence-electron chi connectivity index (χ2n) is 8.32.